The number of nitrogens with zero attached hydrogens (tertiary/aromatic N) is 3. The lowest BCUT2D eigenvalue weighted by molar-refractivity contribution is -0.00833. The van der Waals surface area contributed by atoms with E-state index >= 15 is 0 Å². The molecule has 0 saturated carbocycles. The van der Waals surface area contributed by atoms with Crippen molar-refractivity contribution < 1.29 is 13.2 Å². The van der Waals surface area contributed by atoms with Crippen LogP contribution >= 0.6 is 0 Å². The summed E-state index contributed by atoms with van der Waals surface area (Å²) in [5.41, 5.74) is 3.73. The molecule has 0 aromatic heterocycles. The van der Waals surface area contributed by atoms with Gasteiger partial charge in [-0.15, -0.1) is 0 Å². The minimum Gasteiger partial charge on any atom is -0.370 e. The highest BCUT2D eigenvalue weighted by atomic mass is 32.2. The third-order valence-electron chi connectivity index (χ3n) is 5.21. The van der Waals surface area contributed by atoms with Crippen molar-refractivity contribution >= 4 is 16.0 Å². The van der Waals surface area contributed by atoms with E-state index in [4.69, 9.17) is 9.73 Å². The normalized spacial score (nSPS) is 18.3. The fourth-order valence-corrected chi connectivity index (χ4v) is 4.33. The molecule has 8 heteroatoms. The van der Waals surface area contributed by atoms with Gasteiger partial charge in [0.1, 0.15) is 6.10 Å². The van der Waals surface area contributed by atoms with E-state index < -0.39 is 10.0 Å². The zero-order chi connectivity index (χ0) is 21.4. The van der Waals surface area contributed by atoms with Crippen molar-refractivity contribution in [2.75, 3.05) is 52.1 Å². The van der Waals surface area contributed by atoms with Crippen LogP contribution in [0.4, 0.5) is 0 Å². The van der Waals surface area contributed by atoms with Gasteiger partial charge in [0.25, 0.3) is 0 Å². The maximum atomic E-state index is 11.9. The summed E-state index contributed by atoms with van der Waals surface area (Å²) in [6.45, 7) is 12.0. The Balaban J connectivity index is 2.00. The zero-order valence-corrected chi connectivity index (χ0v) is 19.3. The molecule has 2 rings (SSSR count). The molecule has 1 aromatic rings. The summed E-state index contributed by atoms with van der Waals surface area (Å²) in [6, 6.07) is 6.48. The Bertz CT molecular complexity index is 795. The number of guanidine groups is 1. The fraction of sp³-hybridized carbons (Fsp3) is 0.667. The van der Waals surface area contributed by atoms with Gasteiger partial charge in [-0.2, -0.15) is 0 Å². The number of aryl methyl sites for hydroxylation is 2. The second kappa shape index (κ2) is 10.9. The molecule has 1 saturated heterocycles. The standard InChI is InChI=1S/C21H36N4O3S/c1-6-22-21(23-11-8-12-24(5)29(26,27)7-2)25-13-14-28-20(16-25)19-10-9-17(3)15-18(19)4/h9-10,15,20H,6-8,11-14,16H2,1-5H3,(H,22,23). The Labute approximate surface area is 176 Å². The molecule has 0 aliphatic carbocycles. The molecule has 1 aromatic carbocycles. The van der Waals surface area contributed by atoms with Crippen LogP contribution in [0.25, 0.3) is 0 Å². The first-order chi connectivity index (χ1) is 13.8. The molecular formula is C21H36N4O3S. The maximum absolute atomic E-state index is 11.9. The molecule has 164 valence electrons. The molecule has 0 radical (unpaired) electrons. The van der Waals surface area contributed by atoms with Gasteiger partial charge in [0.05, 0.1) is 18.9 Å². The van der Waals surface area contributed by atoms with Gasteiger partial charge in [-0.3, -0.25) is 4.99 Å². The Hall–Kier alpha value is -1.64. The van der Waals surface area contributed by atoms with E-state index in [0.29, 0.717) is 26.1 Å². The molecule has 1 atom stereocenters. The molecule has 29 heavy (non-hydrogen) atoms. The van der Waals surface area contributed by atoms with Gasteiger partial charge >= 0.3 is 0 Å². The third kappa shape index (κ3) is 6.69. The molecule has 1 aliphatic rings. The summed E-state index contributed by atoms with van der Waals surface area (Å²) in [5, 5.41) is 3.37. The van der Waals surface area contributed by atoms with Crippen molar-refractivity contribution in [1.82, 2.24) is 14.5 Å². The molecule has 1 unspecified atom stereocenters. The molecule has 1 aliphatic heterocycles. The van der Waals surface area contributed by atoms with Gasteiger partial charge in [0.15, 0.2) is 5.96 Å². The van der Waals surface area contributed by atoms with Gasteiger partial charge in [0, 0.05) is 33.2 Å². The first kappa shape index (κ1) is 23.6. The van der Waals surface area contributed by atoms with Crippen molar-refractivity contribution in [2.24, 2.45) is 4.99 Å². The Morgan fingerprint density at radius 3 is 2.76 bits per heavy atom. The number of ether oxygens (including phenoxy) is 1. The smallest absolute Gasteiger partial charge is 0.213 e. The third-order valence-corrected chi connectivity index (χ3v) is 7.07. The highest BCUT2D eigenvalue weighted by Gasteiger charge is 2.25. The second-order valence-electron chi connectivity index (χ2n) is 7.48. The fourth-order valence-electron chi connectivity index (χ4n) is 3.48. The zero-order valence-electron chi connectivity index (χ0n) is 18.4. The van der Waals surface area contributed by atoms with Gasteiger partial charge in [0.2, 0.25) is 10.0 Å². The van der Waals surface area contributed by atoms with Crippen molar-refractivity contribution in [3.05, 3.63) is 34.9 Å². The van der Waals surface area contributed by atoms with Crippen molar-refractivity contribution in [2.45, 2.75) is 40.2 Å². The van der Waals surface area contributed by atoms with Crippen LogP contribution in [-0.2, 0) is 14.8 Å². The number of benzene rings is 1. The first-order valence-electron chi connectivity index (χ1n) is 10.4. The highest BCUT2D eigenvalue weighted by molar-refractivity contribution is 7.89. The lowest BCUT2D eigenvalue weighted by Gasteiger charge is -2.36. The lowest BCUT2D eigenvalue weighted by Crippen LogP contribution is -2.48. The summed E-state index contributed by atoms with van der Waals surface area (Å²) in [6.07, 6.45) is 0.712. The summed E-state index contributed by atoms with van der Waals surface area (Å²) < 4.78 is 31.2. The van der Waals surface area contributed by atoms with E-state index in [1.807, 2.05) is 0 Å². The van der Waals surface area contributed by atoms with Crippen LogP contribution in [0.5, 0.6) is 0 Å². The molecule has 0 amide bonds. The first-order valence-corrected chi connectivity index (χ1v) is 12.1. The summed E-state index contributed by atoms with van der Waals surface area (Å²) >= 11 is 0. The van der Waals surface area contributed by atoms with Gasteiger partial charge in [-0.25, -0.2) is 12.7 Å². The molecule has 1 heterocycles. The van der Waals surface area contributed by atoms with E-state index in [-0.39, 0.29) is 11.9 Å². The van der Waals surface area contributed by atoms with Crippen LogP contribution in [0.3, 0.4) is 0 Å². The number of aliphatic imine (C=N–C) groups is 1. The van der Waals surface area contributed by atoms with Gasteiger partial charge in [-0.1, -0.05) is 23.8 Å². The summed E-state index contributed by atoms with van der Waals surface area (Å²) in [5.74, 6) is 0.995. The average Bonchev–Trinajstić information content (AvgIpc) is 2.70. The Morgan fingerprint density at radius 2 is 2.10 bits per heavy atom. The molecule has 1 N–H and O–H groups in total. The summed E-state index contributed by atoms with van der Waals surface area (Å²) in [4.78, 5) is 6.98. The van der Waals surface area contributed by atoms with E-state index in [0.717, 1.165) is 25.6 Å². The van der Waals surface area contributed by atoms with E-state index in [1.54, 1.807) is 14.0 Å². The van der Waals surface area contributed by atoms with Crippen molar-refractivity contribution in [3.63, 3.8) is 0 Å². The lowest BCUT2D eigenvalue weighted by atomic mass is 10.00. The molecule has 0 bridgehead atoms. The Morgan fingerprint density at radius 1 is 1.34 bits per heavy atom. The van der Waals surface area contributed by atoms with Crippen LogP contribution in [-0.4, -0.2) is 75.7 Å². The maximum Gasteiger partial charge on any atom is 0.213 e. The largest absolute Gasteiger partial charge is 0.370 e. The molecule has 1 fully saturated rings. The Kier molecular flexibility index (Phi) is 8.92. The highest BCUT2D eigenvalue weighted by Crippen LogP contribution is 2.25. The number of rotatable bonds is 8. The predicted molar refractivity (Wildman–Crippen MR) is 119 cm³/mol. The van der Waals surface area contributed by atoms with E-state index in [9.17, 15) is 8.42 Å². The SMILES string of the molecule is CCNC(=NCCCN(C)S(=O)(=O)CC)N1CCOC(c2ccc(C)cc2C)C1. The topological polar surface area (TPSA) is 74.2 Å². The molecule has 0 spiro atoms. The number of hydrogen-bond acceptors (Lipinski definition) is 4. The van der Waals surface area contributed by atoms with Crippen LogP contribution < -0.4 is 5.32 Å². The second-order valence-corrected chi connectivity index (χ2v) is 9.84. The van der Waals surface area contributed by atoms with Crippen molar-refractivity contribution in [3.8, 4) is 0 Å². The van der Waals surface area contributed by atoms with Crippen LogP contribution in [0.1, 0.15) is 43.1 Å². The average molecular weight is 425 g/mol. The molecular weight excluding hydrogens is 388 g/mol. The van der Waals surface area contributed by atoms with Gasteiger partial charge < -0.3 is 15.0 Å². The van der Waals surface area contributed by atoms with Gasteiger partial charge in [-0.05, 0) is 45.2 Å². The molecule has 7 nitrogen and oxygen atoms in total. The predicted octanol–water partition coefficient (Wildman–Crippen LogP) is 2.31. The minimum atomic E-state index is -3.13. The minimum absolute atomic E-state index is 0.0223. The summed E-state index contributed by atoms with van der Waals surface area (Å²) in [7, 11) is -1.50. The monoisotopic (exact) mass is 424 g/mol. The van der Waals surface area contributed by atoms with Crippen molar-refractivity contribution in [1.29, 1.82) is 0 Å². The van der Waals surface area contributed by atoms with Crippen LogP contribution in [0.15, 0.2) is 23.2 Å². The number of morpholine rings is 1. The number of nitrogens with one attached hydrogen (secondary N) is 1. The van der Waals surface area contributed by atoms with E-state index in [2.05, 4.69) is 49.2 Å². The quantitative estimate of drug-likeness (QED) is 0.394. The number of hydrogen-bond donors (Lipinski definition) is 1. The van der Waals surface area contributed by atoms with E-state index in [1.165, 1.54) is 21.0 Å². The van der Waals surface area contributed by atoms with Crippen LogP contribution in [0.2, 0.25) is 0 Å². The number of sulfonamides is 1. The van der Waals surface area contributed by atoms with Crippen LogP contribution in [0, 0.1) is 13.8 Å².